The monoisotopic (exact) mass is 384 g/mol. The lowest BCUT2D eigenvalue weighted by Crippen LogP contribution is -2.29. The van der Waals surface area contributed by atoms with E-state index >= 15 is 0 Å². The highest BCUT2D eigenvalue weighted by Crippen LogP contribution is 2.23. The van der Waals surface area contributed by atoms with Gasteiger partial charge < -0.3 is 15.0 Å². The summed E-state index contributed by atoms with van der Waals surface area (Å²) in [7, 11) is 0. The molecule has 1 fully saturated rings. The first-order valence-corrected chi connectivity index (χ1v) is 9.66. The largest absolute Gasteiger partial charge is 0.376 e. The number of carbonyl (C=O) groups is 2. The lowest BCUT2D eigenvalue weighted by Gasteiger charge is -2.17. The average molecular weight is 384 g/mol. The first-order chi connectivity index (χ1) is 13.6. The topological polar surface area (TPSA) is 102 Å². The molecule has 2 aliphatic rings. The molecule has 148 valence electrons. The number of rotatable bonds is 5. The second-order valence-electron chi connectivity index (χ2n) is 7.10. The number of hydrogen-bond donors (Lipinski definition) is 1. The fraction of sp³-hybridized carbons (Fsp3) is 0.526. The van der Waals surface area contributed by atoms with Crippen molar-refractivity contribution in [3.05, 3.63) is 40.7 Å². The quantitative estimate of drug-likeness (QED) is 0.815. The van der Waals surface area contributed by atoms with Crippen molar-refractivity contribution in [3.8, 4) is 0 Å². The molecular formula is C19H24N6O3. The van der Waals surface area contributed by atoms with Gasteiger partial charge in [0.15, 0.2) is 5.69 Å². The third-order valence-electron chi connectivity index (χ3n) is 5.11. The highest BCUT2D eigenvalue weighted by Gasteiger charge is 2.29. The maximum absolute atomic E-state index is 12.8. The lowest BCUT2D eigenvalue weighted by atomic mass is 10.1. The number of hydrogen-bond acceptors (Lipinski definition) is 6. The van der Waals surface area contributed by atoms with Crippen molar-refractivity contribution < 1.29 is 14.3 Å². The molecule has 9 heteroatoms. The smallest absolute Gasteiger partial charge is 0.274 e. The zero-order valence-electron chi connectivity index (χ0n) is 16.0. The van der Waals surface area contributed by atoms with Crippen LogP contribution in [0.5, 0.6) is 0 Å². The molecule has 0 aliphatic carbocycles. The number of carbonyl (C=O) groups excluding carboxylic acids is 2. The SMILES string of the molecule is Cc1cnc(C(=O)NCCn2nc(C(=O)N3CCCC3)c3c2CCOC3)cn1. The summed E-state index contributed by atoms with van der Waals surface area (Å²) in [5.74, 6) is -0.290. The van der Waals surface area contributed by atoms with E-state index in [4.69, 9.17) is 4.74 Å². The first-order valence-electron chi connectivity index (χ1n) is 9.66. The number of nitrogens with one attached hydrogen (secondary N) is 1. The Bertz CT molecular complexity index is 871. The molecule has 4 rings (SSSR count). The van der Waals surface area contributed by atoms with E-state index in [9.17, 15) is 9.59 Å². The predicted octanol–water partition coefficient (Wildman–Crippen LogP) is 0.720. The highest BCUT2D eigenvalue weighted by atomic mass is 16.5. The number of aryl methyl sites for hydroxylation is 1. The molecular weight excluding hydrogens is 360 g/mol. The Labute approximate surface area is 163 Å². The normalized spacial score (nSPS) is 16.1. The van der Waals surface area contributed by atoms with Crippen LogP contribution in [0.4, 0.5) is 0 Å². The van der Waals surface area contributed by atoms with E-state index in [2.05, 4.69) is 20.4 Å². The third-order valence-corrected chi connectivity index (χ3v) is 5.11. The van der Waals surface area contributed by atoms with Gasteiger partial charge >= 0.3 is 0 Å². The molecule has 1 N–H and O–H groups in total. The van der Waals surface area contributed by atoms with Crippen molar-refractivity contribution in [2.45, 2.75) is 39.3 Å². The minimum atomic E-state index is -0.273. The lowest BCUT2D eigenvalue weighted by molar-refractivity contribution is 0.0772. The second-order valence-corrected chi connectivity index (χ2v) is 7.10. The fourth-order valence-electron chi connectivity index (χ4n) is 3.61. The van der Waals surface area contributed by atoms with E-state index in [1.54, 1.807) is 6.20 Å². The maximum Gasteiger partial charge on any atom is 0.274 e. The van der Waals surface area contributed by atoms with Crippen LogP contribution >= 0.6 is 0 Å². The summed E-state index contributed by atoms with van der Waals surface area (Å²) in [4.78, 5) is 35.1. The van der Waals surface area contributed by atoms with Crippen molar-refractivity contribution in [2.24, 2.45) is 0 Å². The van der Waals surface area contributed by atoms with Crippen molar-refractivity contribution in [2.75, 3.05) is 26.2 Å². The predicted molar refractivity (Wildman–Crippen MR) is 99.8 cm³/mol. The number of ether oxygens (including phenoxy) is 1. The van der Waals surface area contributed by atoms with Gasteiger partial charge in [0, 0.05) is 43.5 Å². The summed E-state index contributed by atoms with van der Waals surface area (Å²) in [6, 6.07) is 0. The van der Waals surface area contributed by atoms with Crippen LogP contribution in [0.3, 0.4) is 0 Å². The fourth-order valence-corrected chi connectivity index (χ4v) is 3.61. The number of amides is 2. The van der Waals surface area contributed by atoms with Crippen LogP contribution in [0.2, 0.25) is 0 Å². The molecule has 0 bridgehead atoms. The minimum Gasteiger partial charge on any atom is -0.376 e. The molecule has 2 amide bonds. The van der Waals surface area contributed by atoms with Gasteiger partial charge in [-0.2, -0.15) is 5.10 Å². The molecule has 0 atom stereocenters. The van der Waals surface area contributed by atoms with E-state index in [1.165, 1.54) is 6.20 Å². The molecule has 0 saturated carbocycles. The van der Waals surface area contributed by atoms with Crippen molar-refractivity contribution in [1.29, 1.82) is 0 Å². The molecule has 0 spiro atoms. The van der Waals surface area contributed by atoms with Gasteiger partial charge in [0.2, 0.25) is 0 Å². The van der Waals surface area contributed by atoms with Crippen molar-refractivity contribution in [1.82, 2.24) is 30.0 Å². The van der Waals surface area contributed by atoms with Crippen molar-refractivity contribution >= 4 is 11.8 Å². The van der Waals surface area contributed by atoms with Crippen LogP contribution in [0.15, 0.2) is 12.4 Å². The van der Waals surface area contributed by atoms with E-state index in [1.807, 2.05) is 16.5 Å². The summed E-state index contributed by atoms with van der Waals surface area (Å²) in [5.41, 5.74) is 3.45. The van der Waals surface area contributed by atoms with Crippen molar-refractivity contribution in [3.63, 3.8) is 0 Å². The average Bonchev–Trinajstić information content (AvgIpc) is 3.37. The Morgan fingerprint density at radius 2 is 2.04 bits per heavy atom. The summed E-state index contributed by atoms with van der Waals surface area (Å²) in [6.45, 7) is 5.29. The Hall–Kier alpha value is -2.81. The van der Waals surface area contributed by atoms with Crippen LogP contribution in [0.1, 0.15) is 50.8 Å². The summed E-state index contributed by atoms with van der Waals surface area (Å²) >= 11 is 0. The minimum absolute atomic E-state index is 0.0167. The molecule has 1 saturated heterocycles. The van der Waals surface area contributed by atoms with Crippen LogP contribution in [0.25, 0.3) is 0 Å². The summed E-state index contributed by atoms with van der Waals surface area (Å²) in [5, 5.41) is 7.42. The van der Waals surface area contributed by atoms with E-state index in [0.717, 1.165) is 42.9 Å². The van der Waals surface area contributed by atoms with E-state index in [-0.39, 0.29) is 17.5 Å². The molecule has 2 aromatic rings. The zero-order chi connectivity index (χ0) is 19.5. The van der Waals surface area contributed by atoms with Gasteiger partial charge in [-0.3, -0.25) is 19.3 Å². The van der Waals surface area contributed by atoms with Gasteiger partial charge in [0.25, 0.3) is 11.8 Å². The molecule has 2 aromatic heterocycles. The van der Waals surface area contributed by atoms with Crippen LogP contribution in [-0.4, -0.2) is 62.7 Å². The molecule has 2 aliphatic heterocycles. The van der Waals surface area contributed by atoms with Gasteiger partial charge in [-0.1, -0.05) is 0 Å². The number of aromatic nitrogens is 4. The van der Waals surface area contributed by atoms with Crippen LogP contribution in [0, 0.1) is 6.92 Å². The van der Waals surface area contributed by atoms with Gasteiger partial charge in [0.1, 0.15) is 5.69 Å². The zero-order valence-corrected chi connectivity index (χ0v) is 16.0. The molecule has 4 heterocycles. The second kappa shape index (κ2) is 8.05. The van der Waals surface area contributed by atoms with E-state index < -0.39 is 0 Å². The van der Waals surface area contributed by atoms with Crippen LogP contribution in [-0.2, 0) is 24.3 Å². The van der Waals surface area contributed by atoms with Gasteiger partial charge in [0.05, 0.1) is 31.6 Å². The Morgan fingerprint density at radius 1 is 1.21 bits per heavy atom. The Morgan fingerprint density at radius 3 is 2.79 bits per heavy atom. The Balaban J connectivity index is 1.44. The third kappa shape index (κ3) is 3.75. The molecule has 0 aromatic carbocycles. The van der Waals surface area contributed by atoms with Gasteiger partial charge in [-0.25, -0.2) is 4.98 Å². The molecule has 28 heavy (non-hydrogen) atoms. The molecule has 9 nitrogen and oxygen atoms in total. The number of likely N-dealkylation sites (tertiary alicyclic amines) is 1. The highest BCUT2D eigenvalue weighted by molar-refractivity contribution is 5.94. The molecule has 0 unspecified atom stereocenters. The molecule has 0 radical (unpaired) electrons. The first kappa shape index (κ1) is 18.5. The maximum atomic E-state index is 12.8. The summed E-state index contributed by atoms with van der Waals surface area (Å²) in [6.07, 6.45) is 5.82. The summed E-state index contributed by atoms with van der Waals surface area (Å²) < 4.78 is 7.40. The van der Waals surface area contributed by atoms with Gasteiger partial charge in [-0.05, 0) is 19.8 Å². The van der Waals surface area contributed by atoms with Crippen LogP contribution < -0.4 is 5.32 Å². The van der Waals surface area contributed by atoms with Gasteiger partial charge in [-0.15, -0.1) is 0 Å². The number of nitrogens with zero attached hydrogens (tertiary/aromatic N) is 5. The number of fused-ring (bicyclic) bond motifs is 1. The Kier molecular flexibility index (Phi) is 5.34. The standard InChI is InChI=1S/C19H24N6O3/c1-13-10-22-15(11-21-13)18(26)20-5-8-25-16-4-9-28-12-14(16)17(23-25)19(27)24-6-2-3-7-24/h10-11H,2-9,12H2,1H3,(H,20,26). The van der Waals surface area contributed by atoms with E-state index in [0.29, 0.717) is 38.4 Å².